The molecule has 0 spiro atoms. The van der Waals surface area contributed by atoms with Crippen LogP contribution in [0.1, 0.15) is 18.4 Å². The van der Waals surface area contributed by atoms with Crippen molar-refractivity contribution in [3.63, 3.8) is 0 Å². The average Bonchev–Trinajstić information content (AvgIpc) is 2.95. The van der Waals surface area contributed by atoms with E-state index in [9.17, 15) is 4.79 Å². The van der Waals surface area contributed by atoms with Gasteiger partial charge in [-0.05, 0) is 30.5 Å². The third-order valence-electron chi connectivity index (χ3n) is 3.29. The molecule has 0 bridgehead atoms. The molecule has 0 atom stereocenters. The number of fused-ring (bicyclic) bond motifs is 1. The zero-order valence-electron chi connectivity index (χ0n) is 9.40. The van der Waals surface area contributed by atoms with Crippen molar-refractivity contribution in [3.8, 4) is 5.75 Å². The summed E-state index contributed by atoms with van der Waals surface area (Å²) in [6, 6.07) is 5.68. The largest absolute Gasteiger partial charge is 0.493 e. The van der Waals surface area contributed by atoms with Gasteiger partial charge in [0.2, 0.25) is 6.08 Å². The number of aliphatic imine (C=N–C) groups is 1. The number of hydrogen-bond donors (Lipinski definition) is 0. The van der Waals surface area contributed by atoms with E-state index < -0.39 is 0 Å². The van der Waals surface area contributed by atoms with Crippen LogP contribution >= 0.6 is 0 Å². The summed E-state index contributed by atoms with van der Waals surface area (Å²) in [7, 11) is 1.60. The van der Waals surface area contributed by atoms with E-state index in [0.717, 1.165) is 23.8 Å². The first-order valence-electron chi connectivity index (χ1n) is 5.44. The summed E-state index contributed by atoms with van der Waals surface area (Å²) >= 11 is 0. The molecule has 0 radical (unpaired) electrons. The van der Waals surface area contributed by atoms with E-state index in [2.05, 4.69) is 4.99 Å². The zero-order valence-corrected chi connectivity index (χ0v) is 9.40. The number of rotatable bonds is 3. The van der Waals surface area contributed by atoms with Gasteiger partial charge in [0, 0.05) is 5.39 Å². The Morgan fingerprint density at radius 1 is 1.41 bits per heavy atom. The van der Waals surface area contributed by atoms with Gasteiger partial charge >= 0.3 is 0 Å². The van der Waals surface area contributed by atoms with Crippen LogP contribution in [-0.4, -0.2) is 13.2 Å². The molecule has 1 heterocycles. The second kappa shape index (κ2) is 3.47. The number of isocyanates is 1. The van der Waals surface area contributed by atoms with Crippen molar-refractivity contribution in [2.75, 3.05) is 7.11 Å². The third-order valence-corrected chi connectivity index (χ3v) is 3.29. The molecule has 4 heteroatoms. The molecule has 1 aliphatic carbocycles. The topological polar surface area (TPSA) is 51.8 Å². The Balaban J connectivity index is 2.25. The van der Waals surface area contributed by atoms with Crippen molar-refractivity contribution >= 4 is 17.0 Å². The monoisotopic (exact) mass is 229 g/mol. The van der Waals surface area contributed by atoms with Crippen LogP contribution in [0.15, 0.2) is 33.9 Å². The Bertz CT molecular complexity index is 619. The van der Waals surface area contributed by atoms with Gasteiger partial charge in [-0.15, -0.1) is 0 Å². The molecule has 86 valence electrons. The normalized spacial score (nSPS) is 16.5. The van der Waals surface area contributed by atoms with Gasteiger partial charge in [0.05, 0.1) is 18.9 Å². The van der Waals surface area contributed by atoms with Crippen LogP contribution in [0.2, 0.25) is 0 Å². The van der Waals surface area contributed by atoms with E-state index in [0.29, 0.717) is 11.3 Å². The number of nitrogens with zero attached hydrogens (tertiary/aromatic N) is 1. The summed E-state index contributed by atoms with van der Waals surface area (Å²) in [6.45, 7) is 0. The van der Waals surface area contributed by atoms with E-state index in [-0.39, 0.29) is 5.54 Å². The molecule has 1 fully saturated rings. The minimum Gasteiger partial charge on any atom is -0.493 e. The maximum absolute atomic E-state index is 10.5. The number of benzene rings is 1. The van der Waals surface area contributed by atoms with Crippen LogP contribution in [-0.2, 0) is 10.3 Å². The summed E-state index contributed by atoms with van der Waals surface area (Å²) in [4.78, 5) is 14.4. The van der Waals surface area contributed by atoms with E-state index in [1.165, 1.54) is 0 Å². The second-order valence-corrected chi connectivity index (χ2v) is 4.21. The third kappa shape index (κ3) is 1.38. The van der Waals surface area contributed by atoms with Crippen LogP contribution in [0, 0.1) is 0 Å². The van der Waals surface area contributed by atoms with Gasteiger partial charge in [-0.2, -0.15) is 4.99 Å². The first kappa shape index (κ1) is 10.1. The molecule has 0 aliphatic heterocycles. The summed E-state index contributed by atoms with van der Waals surface area (Å²) in [5.41, 5.74) is 1.35. The maximum atomic E-state index is 10.5. The van der Waals surface area contributed by atoms with E-state index in [1.54, 1.807) is 19.5 Å². The van der Waals surface area contributed by atoms with Crippen LogP contribution in [0.5, 0.6) is 5.75 Å². The van der Waals surface area contributed by atoms with Crippen LogP contribution in [0.25, 0.3) is 11.0 Å². The van der Waals surface area contributed by atoms with Crippen molar-refractivity contribution in [1.82, 2.24) is 0 Å². The Morgan fingerprint density at radius 2 is 2.24 bits per heavy atom. The Morgan fingerprint density at radius 3 is 2.88 bits per heavy atom. The molecule has 3 rings (SSSR count). The van der Waals surface area contributed by atoms with Crippen molar-refractivity contribution in [3.05, 3.63) is 30.0 Å². The number of carbonyl (C=O) groups excluding carboxylic acids is 1. The summed E-state index contributed by atoms with van der Waals surface area (Å²) in [6.07, 6.45) is 5.06. The Hall–Kier alpha value is -2.06. The standard InChI is InChI=1S/C13H11NO3/c1-16-11-3-2-10(9-4-7-17-12(9)11)13(5-6-13)14-8-15/h2-4,7H,5-6H2,1H3. The maximum Gasteiger partial charge on any atom is 0.235 e. The average molecular weight is 229 g/mol. The van der Waals surface area contributed by atoms with Crippen LogP contribution in [0.4, 0.5) is 0 Å². The molecule has 0 N–H and O–H groups in total. The van der Waals surface area contributed by atoms with Gasteiger partial charge in [-0.25, -0.2) is 4.79 Å². The number of ether oxygens (including phenoxy) is 1. The fraction of sp³-hybridized carbons (Fsp3) is 0.308. The van der Waals surface area contributed by atoms with Gasteiger partial charge < -0.3 is 9.15 Å². The van der Waals surface area contributed by atoms with Crippen LogP contribution < -0.4 is 4.74 Å². The second-order valence-electron chi connectivity index (χ2n) is 4.21. The minimum absolute atomic E-state index is 0.379. The van der Waals surface area contributed by atoms with Gasteiger partial charge in [0.1, 0.15) is 0 Å². The smallest absolute Gasteiger partial charge is 0.235 e. The lowest BCUT2D eigenvalue weighted by molar-refractivity contribution is 0.410. The van der Waals surface area contributed by atoms with E-state index in [4.69, 9.17) is 9.15 Å². The molecule has 1 saturated carbocycles. The van der Waals surface area contributed by atoms with Crippen molar-refractivity contribution in [2.45, 2.75) is 18.4 Å². The van der Waals surface area contributed by atoms with Crippen LogP contribution in [0.3, 0.4) is 0 Å². The molecular formula is C13H11NO3. The molecule has 0 amide bonds. The van der Waals surface area contributed by atoms with Gasteiger partial charge in [0.15, 0.2) is 11.3 Å². The SMILES string of the molecule is COc1ccc(C2(N=C=O)CC2)c2ccoc12. The van der Waals surface area contributed by atoms with Crippen molar-refractivity contribution < 1.29 is 13.9 Å². The molecule has 1 aliphatic rings. The van der Waals surface area contributed by atoms with Crippen molar-refractivity contribution in [2.24, 2.45) is 4.99 Å². The van der Waals surface area contributed by atoms with Gasteiger partial charge in [0.25, 0.3) is 0 Å². The highest BCUT2D eigenvalue weighted by molar-refractivity contribution is 5.87. The van der Waals surface area contributed by atoms with E-state index >= 15 is 0 Å². The van der Waals surface area contributed by atoms with Gasteiger partial charge in [-0.3, -0.25) is 0 Å². The number of methoxy groups -OCH3 is 1. The molecular weight excluding hydrogens is 218 g/mol. The molecule has 0 saturated heterocycles. The molecule has 1 aromatic carbocycles. The highest BCUT2D eigenvalue weighted by atomic mass is 16.5. The van der Waals surface area contributed by atoms with Gasteiger partial charge in [-0.1, -0.05) is 6.07 Å². The first-order valence-corrected chi connectivity index (χ1v) is 5.44. The Labute approximate surface area is 97.9 Å². The summed E-state index contributed by atoms with van der Waals surface area (Å²) in [5, 5.41) is 0.959. The predicted octanol–water partition coefficient (Wildman–Crippen LogP) is 2.77. The highest BCUT2D eigenvalue weighted by Gasteiger charge is 2.46. The molecule has 4 nitrogen and oxygen atoms in total. The lowest BCUT2D eigenvalue weighted by Gasteiger charge is -2.10. The fourth-order valence-electron chi connectivity index (χ4n) is 2.25. The fourth-order valence-corrected chi connectivity index (χ4v) is 2.25. The molecule has 2 aromatic rings. The summed E-state index contributed by atoms with van der Waals surface area (Å²) < 4.78 is 10.6. The molecule has 0 unspecified atom stereocenters. The first-order chi connectivity index (χ1) is 8.30. The predicted molar refractivity (Wildman–Crippen MR) is 61.8 cm³/mol. The molecule has 1 aromatic heterocycles. The minimum atomic E-state index is -0.379. The molecule has 17 heavy (non-hydrogen) atoms. The summed E-state index contributed by atoms with van der Waals surface area (Å²) in [5.74, 6) is 0.694. The van der Waals surface area contributed by atoms with Crippen molar-refractivity contribution in [1.29, 1.82) is 0 Å². The number of hydrogen-bond acceptors (Lipinski definition) is 4. The zero-order chi connectivity index (χ0) is 11.9. The number of furan rings is 1. The lowest BCUT2D eigenvalue weighted by atomic mass is 10.0. The van der Waals surface area contributed by atoms with E-state index in [1.807, 2.05) is 18.2 Å². The Kier molecular flexibility index (Phi) is 2.06. The highest BCUT2D eigenvalue weighted by Crippen LogP contribution is 2.52. The lowest BCUT2D eigenvalue weighted by Crippen LogP contribution is -2.02. The quantitative estimate of drug-likeness (QED) is 0.600.